The van der Waals surface area contributed by atoms with Crippen molar-refractivity contribution in [2.75, 3.05) is 12.4 Å². The molecule has 3 aromatic rings. The monoisotopic (exact) mass is 431 g/mol. The lowest BCUT2D eigenvalue weighted by atomic mass is 9.99. The van der Waals surface area contributed by atoms with Gasteiger partial charge in [0, 0.05) is 19.7 Å². The molecule has 0 bridgehead atoms. The largest absolute Gasteiger partial charge is 0.465 e. The number of nitrogens with zero attached hydrogens (tertiary/aromatic N) is 2. The maximum Gasteiger partial charge on any atom is 0.416 e. The highest BCUT2D eigenvalue weighted by Gasteiger charge is 2.30. The smallest absolute Gasteiger partial charge is 0.416 e. The number of anilines is 1. The van der Waals surface area contributed by atoms with E-state index in [4.69, 9.17) is 4.74 Å². The second-order valence-electron chi connectivity index (χ2n) is 6.90. The van der Waals surface area contributed by atoms with Crippen molar-refractivity contribution in [3.8, 4) is 11.1 Å². The molecule has 3 rings (SSSR count). The number of hydrogen-bond donors (Lipinski definition) is 1. The average Bonchev–Trinajstić information content (AvgIpc) is 3.16. The number of aryl methyl sites for hydroxylation is 2. The van der Waals surface area contributed by atoms with Gasteiger partial charge in [0.15, 0.2) is 0 Å². The van der Waals surface area contributed by atoms with E-state index in [-0.39, 0.29) is 29.1 Å². The Kier molecular flexibility index (Phi) is 6.43. The summed E-state index contributed by atoms with van der Waals surface area (Å²) in [6.45, 7) is 0. The molecule has 0 aliphatic rings. The second-order valence-corrected chi connectivity index (χ2v) is 6.90. The summed E-state index contributed by atoms with van der Waals surface area (Å²) in [5.74, 6) is -1.03. The number of rotatable bonds is 6. The molecule has 9 heteroatoms. The van der Waals surface area contributed by atoms with Gasteiger partial charge in [-0.25, -0.2) is 4.79 Å². The predicted octanol–water partition coefficient (Wildman–Crippen LogP) is 4.46. The summed E-state index contributed by atoms with van der Waals surface area (Å²) in [5.41, 5.74) is 1.04. The van der Waals surface area contributed by atoms with Gasteiger partial charge in [-0.1, -0.05) is 18.2 Å². The van der Waals surface area contributed by atoms with Gasteiger partial charge < -0.3 is 10.1 Å². The van der Waals surface area contributed by atoms with Crippen LogP contribution in [0.5, 0.6) is 0 Å². The molecule has 0 aliphatic heterocycles. The number of carbonyl (C=O) groups is 2. The summed E-state index contributed by atoms with van der Waals surface area (Å²) in [5, 5.41) is 6.71. The van der Waals surface area contributed by atoms with Crippen LogP contribution < -0.4 is 5.32 Å². The summed E-state index contributed by atoms with van der Waals surface area (Å²) in [6, 6.07) is 9.20. The molecule has 1 N–H and O–H groups in total. The molecular weight excluding hydrogens is 411 g/mol. The molecule has 0 atom stereocenters. The number of carbonyl (C=O) groups excluding carboxylic acids is 2. The summed E-state index contributed by atoms with van der Waals surface area (Å²) in [4.78, 5) is 24.6. The molecule has 1 heterocycles. The number of methoxy groups -OCH3 is 1. The minimum Gasteiger partial charge on any atom is -0.465 e. The van der Waals surface area contributed by atoms with Crippen molar-refractivity contribution in [3.05, 3.63) is 71.5 Å². The van der Waals surface area contributed by atoms with Gasteiger partial charge in [0.2, 0.25) is 5.91 Å². The third-order valence-electron chi connectivity index (χ3n) is 4.62. The van der Waals surface area contributed by atoms with Crippen LogP contribution in [0.3, 0.4) is 0 Å². The Morgan fingerprint density at radius 2 is 1.87 bits per heavy atom. The molecule has 2 aromatic carbocycles. The van der Waals surface area contributed by atoms with Crippen molar-refractivity contribution >= 4 is 17.6 Å². The Balaban J connectivity index is 1.83. The zero-order chi connectivity index (χ0) is 22.6. The molecule has 0 saturated carbocycles. The van der Waals surface area contributed by atoms with Crippen LogP contribution >= 0.6 is 0 Å². The zero-order valence-electron chi connectivity index (χ0n) is 16.9. The quantitative estimate of drug-likeness (QED) is 0.585. The molecule has 0 saturated heterocycles. The molecule has 0 fully saturated rings. The number of nitrogens with one attached hydrogen (secondary N) is 1. The van der Waals surface area contributed by atoms with Crippen molar-refractivity contribution in [2.45, 2.75) is 19.0 Å². The summed E-state index contributed by atoms with van der Waals surface area (Å²) in [7, 11) is 2.96. The average molecular weight is 431 g/mol. The predicted molar refractivity (Wildman–Crippen MR) is 108 cm³/mol. The topological polar surface area (TPSA) is 73.2 Å². The van der Waals surface area contributed by atoms with E-state index in [0.29, 0.717) is 12.0 Å². The molecule has 0 aliphatic carbocycles. The molecule has 0 unspecified atom stereocenters. The van der Waals surface area contributed by atoms with Crippen LogP contribution in [-0.4, -0.2) is 28.8 Å². The Morgan fingerprint density at radius 3 is 2.52 bits per heavy atom. The number of alkyl halides is 3. The Morgan fingerprint density at radius 1 is 1.13 bits per heavy atom. The maximum absolute atomic E-state index is 13.0. The first-order valence-corrected chi connectivity index (χ1v) is 9.35. The van der Waals surface area contributed by atoms with E-state index in [1.54, 1.807) is 30.2 Å². The number of hydrogen-bond acceptors (Lipinski definition) is 4. The van der Waals surface area contributed by atoms with Gasteiger partial charge in [-0.05, 0) is 47.4 Å². The number of ether oxygens (including phenoxy) is 1. The molecule has 6 nitrogen and oxygen atoms in total. The van der Waals surface area contributed by atoms with Crippen molar-refractivity contribution < 1.29 is 27.5 Å². The van der Waals surface area contributed by atoms with Crippen molar-refractivity contribution in [1.29, 1.82) is 0 Å². The third kappa shape index (κ3) is 5.50. The third-order valence-corrected chi connectivity index (χ3v) is 4.62. The Hall–Kier alpha value is -3.62. The summed E-state index contributed by atoms with van der Waals surface area (Å²) in [6.07, 6.45) is -0.380. The molecular formula is C22H20F3N3O3. The van der Waals surface area contributed by atoms with E-state index in [1.165, 1.54) is 31.4 Å². The normalized spacial score (nSPS) is 11.3. The molecule has 31 heavy (non-hydrogen) atoms. The van der Waals surface area contributed by atoms with Crippen LogP contribution in [0.25, 0.3) is 11.1 Å². The van der Waals surface area contributed by atoms with Crippen molar-refractivity contribution in [1.82, 2.24) is 9.78 Å². The van der Waals surface area contributed by atoms with Gasteiger partial charge in [0.25, 0.3) is 0 Å². The van der Waals surface area contributed by atoms with Crippen LogP contribution in [0.1, 0.15) is 27.9 Å². The van der Waals surface area contributed by atoms with E-state index in [1.807, 2.05) is 0 Å². The van der Waals surface area contributed by atoms with Gasteiger partial charge in [-0.2, -0.15) is 18.3 Å². The van der Waals surface area contributed by atoms with Gasteiger partial charge in [-0.3, -0.25) is 9.48 Å². The zero-order valence-corrected chi connectivity index (χ0v) is 16.9. The first-order valence-electron chi connectivity index (χ1n) is 9.35. The van der Waals surface area contributed by atoms with E-state index < -0.39 is 17.7 Å². The first-order chi connectivity index (χ1) is 14.7. The van der Waals surface area contributed by atoms with Crippen LogP contribution in [0.15, 0.2) is 54.9 Å². The highest BCUT2D eigenvalue weighted by molar-refractivity contribution is 6.02. The van der Waals surface area contributed by atoms with Gasteiger partial charge in [-0.15, -0.1) is 0 Å². The van der Waals surface area contributed by atoms with E-state index in [9.17, 15) is 22.8 Å². The second kappa shape index (κ2) is 9.03. The van der Waals surface area contributed by atoms with E-state index in [0.717, 1.165) is 17.7 Å². The van der Waals surface area contributed by atoms with Gasteiger partial charge >= 0.3 is 12.1 Å². The standard InChI is InChI=1S/C22H20F3N3O3/c1-28-13-14(12-26-28)6-9-20(29)27-19-8-7-16(11-18(19)21(30)31-2)15-4-3-5-17(10-15)22(23,24)25/h3-5,7-8,10-13H,6,9H2,1-2H3,(H,27,29). The van der Waals surface area contributed by atoms with E-state index >= 15 is 0 Å². The molecule has 0 spiro atoms. The minimum absolute atomic E-state index is 0.0483. The van der Waals surface area contributed by atoms with Crippen LogP contribution in [0, 0.1) is 0 Å². The summed E-state index contributed by atoms with van der Waals surface area (Å²) < 4.78 is 45.5. The SMILES string of the molecule is COC(=O)c1cc(-c2cccc(C(F)(F)F)c2)ccc1NC(=O)CCc1cnn(C)c1. The van der Waals surface area contributed by atoms with Crippen LogP contribution in [-0.2, 0) is 29.2 Å². The lowest BCUT2D eigenvalue weighted by Crippen LogP contribution is -2.16. The molecule has 1 amide bonds. The number of halogens is 3. The molecule has 1 aromatic heterocycles. The first kappa shape index (κ1) is 22.1. The molecule has 0 radical (unpaired) electrons. The van der Waals surface area contributed by atoms with Gasteiger partial charge in [0.05, 0.1) is 30.1 Å². The van der Waals surface area contributed by atoms with Gasteiger partial charge in [0.1, 0.15) is 0 Å². The molecule has 162 valence electrons. The fourth-order valence-electron chi connectivity index (χ4n) is 3.06. The number of amides is 1. The van der Waals surface area contributed by atoms with Crippen molar-refractivity contribution in [3.63, 3.8) is 0 Å². The number of benzene rings is 2. The van der Waals surface area contributed by atoms with E-state index in [2.05, 4.69) is 10.4 Å². The summed E-state index contributed by atoms with van der Waals surface area (Å²) >= 11 is 0. The number of aromatic nitrogens is 2. The fourth-order valence-corrected chi connectivity index (χ4v) is 3.06. The number of esters is 1. The lowest BCUT2D eigenvalue weighted by molar-refractivity contribution is -0.137. The highest BCUT2D eigenvalue weighted by atomic mass is 19.4. The lowest BCUT2D eigenvalue weighted by Gasteiger charge is -2.13. The Labute approximate surface area is 176 Å². The van der Waals surface area contributed by atoms with Crippen LogP contribution in [0.2, 0.25) is 0 Å². The van der Waals surface area contributed by atoms with Crippen molar-refractivity contribution in [2.24, 2.45) is 7.05 Å². The Bertz CT molecular complexity index is 1110. The fraction of sp³-hybridized carbons (Fsp3) is 0.227. The van der Waals surface area contributed by atoms with Crippen LogP contribution in [0.4, 0.5) is 18.9 Å². The highest BCUT2D eigenvalue weighted by Crippen LogP contribution is 2.33. The maximum atomic E-state index is 13.0. The minimum atomic E-state index is -4.48.